The van der Waals surface area contributed by atoms with Crippen LogP contribution in [-0.4, -0.2) is 10.9 Å². The zero-order valence-corrected chi connectivity index (χ0v) is 13.3. The third kappa shape index (κ3) is 3.37. The summed E-state index contributed by atoms with van der Waals surface area (Å²) in [6.07, 6.45) is 2.20. The Morgan fingerprint density at radius 1 is 1.20 bits per heavy atom. The second-order valence-electron chi connectivity index (χ2n) is 4.96. The van der Waals surface area contributed by atoms with Crippen LogP contribution in [0.5, 0.6) is 0 Å². The van der Waals surface area contributed by atoms with E-state index < -0.39 is 5.41 Å². The monoisotopic (exact) mass is 292 g/mol. The molecule has 0 aliphatic rings. The number of nitrogens with one attached hydrogen (secondary N) is 1. The van der Waals surface area contributed by atoms with Crippen molar-refractivity contribution in [3.05, 3.63) is 35.4 Å². The number of nitrogens with two attached hydrogens (primary N) is 1. The van der Waals surface area contributed by atoms with Gasteiger partial charge in [-0.15, -0.1) is 0 Å². The lowest BCUT2D eigenvalue weighted by molar-refractivity contribution is -0.128. The van der Waals surface area contributed by atoms with E-state index in [0.29, 0.717) is 19.4 Å². The van der Waals surface area contributed by atoms with Gasteiger partial charge in [0.25, 0.3) is 0 Å². The topological polar surface area (TPSA) is 55.1 Å². The fourth-order valence-electron chi connectivity index (χ4n) is 2.45. The van der Waals surface area contributed by atoms with Gasteiger partial charge >= 0.3 is 0 Å². The van der Waals surface area contributed by atoms with Crippen LogP contribution in [0.2, 0.25) is 0 Å². The molecule has 0 spiro atoms. The number of thiocarbonyl (C=S) groups is 1. The average Bonchev–Trinajstić information content (AvgIpc) is 2.46. The number of carbonyl (C=O) groups is 1. The van der Waals surface area contributed by atoms with Gasteiger partial charge in [-0.3, -0.25) is 4.79 Å². The first-order valence-electron chi connectivity index (χ1n) is 7.16. The minimum absolute atomic E-state index is 0.0686. The standard InChI is InChI=1S/C16H24N2OS/c1-4-12-9-7-8-10-13(12)11-18-15(19)16(5-2,6-3)14(17)20/h7-10H,4-6,11H2,1-3H3,(H2,17,20)(H,18,19). The summed E-state index contributed by atoms with van der Waals surface area (Å²) in [6.45, 7) is 6.52. The molecule has 0 aliphatic heterocycles. The first-order chi connectivity index (χ1) is 9.51. The van der Waals surface area contributed by atoms with E-state index in [-0.39, 0.29) is 10.9 Å². The molecule has 1 amide bonds. The maximum Gasteiger partial charge on any atom is 0.233 e. The maximum atomic E-state index is 12.5. The van der Waals surface area contributed by atoms with Gasteiger partial charge in [0.1, 0.15) is 0 Å². The molecule has 110 valence electrons. The Labute approximate surface area is 126 Å². The van der Waals surface area contributed by atoms with Crippen molar-refractivity contribution in [1.29, 1.82) is 0 Å². The van der Waals surface area contributed by atoms with Crippen molar-refractivity contribution in [2.24, 2.45) is 11.1 Å². The summed E-state index contributed by atoms with van der Waals surface area (Å²) in [6, 6.07) is 8.13. The summed E-state index contributed by atoms with van der Waals surface area (Å²) < 4.78 is 0. The summed E-state index contributed by atoms with van der Waals surface area (Å²) in [5, 5.41) is 2.99. The lowest BCUT2D eigenvalue weighted by Crippen LogP contribution is -2.48. The fourth-order valence-corrected chi connectivity index (χ4v) is 2.83. The molecule has 3 nitrogen and oxygen atoms in total. The Bertz CT molecular complexity index is 481. The zero-order valence-electron chi connectivity index (χ0n) is 12.5. The fraction of sp³-hybridized carbons (Fsp3) is 0.500. The SMILES string of the molecule is CCc1ccccc1CNC(=O)C(CC)(CC)C(N)=S. The summed E-state index contributed by atoms with van der Waals surface area (Å²) in [5.41, 5.74) is 7.46. The maximum absolute atomic E-state index is 12.5. The van der Waals surface area contributed by atoms with Gasteiger partial charge in [-0.05, 0) is 30.4 Å². The van der Waals surface area contributed by atoms with E-state index in [1.54, 1.807) is 0 Å². The third-order valence-corrected chi connectivity index (χ3v) is 4.44. The van der Waals surface area contributed by atoms with Crippen LogP contribution < -0.4 is 11.1 Å². The van der Waals surface area contributed by atoms with Gasteiger partial charge in [0, 0.05) is 6.54 Å². The van der Waals surface area contributed by atoms with Crippen LogP contribution in [0.25, 0.3) is 0 Å². The van der Waals surface area contributed by atoms with E-state index in [9.17, 15) is 4.79 Å². The Kier molecular flexibility index (Phi) is 6.14. The number of benzene rings is 1. The van der Waals surface area contributed by atoms with E-state index in [2.05, 4.69) is 18.3 Å². The van der Waals surface area contributed by atoms with Gasteiger partial charge in [0.05, 0.1) is 10.4 Å². The molecular formula is C16H24N2OS. The molecule has 0 fully saturated rings. The summed E-state index contributed by atoms with van der Waals surface area (Å²) in [5.74, 6) is -0.0686. The zero-order chi connectivity index (χ0) is 15.2. The highest BCUT2D eigenvalue weighted by Crippen LogP contribution is 2.27. The first-order valence-corrected chi connectivity index (χ1v) is 7.57. The molecule has 0 saturated carbocycles. The number of amides is 1. The Hall–Kier alpha value is -1.42. The molecule has 0 unspecified atom stereocenters. The lowest BCUT2D eigenvalue weighted by Gasteiger charge is -2.29. The molecule has 1 rings (SSSR count). The van der Waals surface area contributed by atoms with Crippen LogP contribution in [0.1, 0.15) is 44.7 Å². The summed E-state index contributed by atoms with van der Waals surface area (Å²) in [4.78, 5) is 12.7. The average molecular weight is 292 g/mol. The van der Waals surface area contributed by atoms with Crippen LogP contribution in [0.4, 0.5) is 0 Å². The van der Waals surface area contributed by atoms with Crippen molar-refractivity contribution in [3.8, 4) is 0 Å². The van der Waals surface area contributed by atoms with E-state index in [1.165, 1.54) is 5.56 Å². The molecule has 1 aromatic rings. The lowest BCUT2D eigenvalue weighted by atomic mass is 9.81. The number of hydrogen-bond donors (Lipinski definition) is 2. The number of rotatable bonds is 7. The van der Waals surface area contributed by atoms with E-state index in [4.69, 9.17) is 18.0 Å². The highest BCUT2D eigenvalue weighted by molar-refractivity contribution is 7.80. The van der Waals surface area contributed by atoms with Crippen LogP contribution in [0.15, 0.2) is 24.3 Å². The van der Waals surface area contributed by atoms with Crippen LogP contribution >= 0.6 is 12.2 Å². The largest absolute Gasteiger partial charge is 0.392 e. The van der Waals surface area contributed by atoms with Crippen LogP contribution in [-0.2, 0) is 17.8 Å². The number of hydrogen-bond acceptors (Lipinski definition) is 2. The molecule has 1 aromatic carbocycles. The van der Waals surface area contributed by atoms with E-state index in [0.717, 1.165) is 12.0 Å². The highest BCUT2D eigenvalue weighted by Gasteiger charge is 2.37. The predicted molar refractivity (Wildman–Crippen MR) is 87.5 cm³/mol. The molecule has 0 heterocycles. The number of carbonyl (C=O) groups excluding carboxylic acids is 1. The van der Waals surface area contributed by atoms with Crippen molar-refractivity contribution in [2.45, 2.75) is 46.6 Å². The minimum Gasteiger partial charge on any atom is -0.392 e. The molecule has 0 atom stereocenters. The molecule has 0 aliphatic carbocycles. The van der Waals surface area contributed by atoms with Gasteiger partial charge < -0.3 is 11.1 Å². The normalized spacial score (nSPS) is 11.2. The first kappa shape index (κ1) is 16.6. The molecule has 0 radical (unpaired) electrons. The molecule has 0 bridgehead atoms. The van der Waals surface area contributed by atoms with E-state index >= 15 is 0 Å². The van der Waals surface area contributed by atoms with Gasteiger partial charge in [0.15, 0.2) is 0 Å². The second-order valence-corrected chi connectivity index (χ2v) is 5.40. The molecule has 0 saturated heterocycles. The molecular weight excluding hydrogens is 268 g/mol. The third-order valence-electron chi connectivity index (χ3n) is 4.05. The summed E-state index contributed by atoms with van der Waals surface area (Å²) >= 11 is 5.10. The quantitative estimate of drug-likeness (QED) is 0.760. The van der Waals surface area contributed by atoms with Crippen molar-refractivity contribution in [2.75, 3.05) is 0 Å². The van der Waals surface area contributed by atoms with Gasteiger partial charge in [0.2, 0.25) is 5.91 Å². The van der Waals surface area contributed by atoms with E-state index in [1.807, 2.05) is 32.0 Å². The molecule has 0 aromatic heterocycles. The van der Waals surface area contributed by atoms with Crippen molar-refractivity contribution >= 4 is 23.1 Å². The van der Waals surface area contributed by atoms with Gasteiger partial charge in [-0.25, -0.2) is 0 Å². The Morgan fingerprint density at radius 3 is 2.20 bits per heavy atom. The predicted octanol–water partition coefficient (Wildman–Crippen LogP) is 2.96. The Morgan fingerprint density at radius 2 is 1.75 bits per heavy atom. The van der Waals surface area contributed by atoms with Crippen molar-refractivity contribution < 1.29 is 4.79 Å². The summed E-state index contributed by atoms with van der Waals surface area (Å²) in [7, 11) is 0. The van der Waals surface area contributed by atoms with Gasteiger partial charge in [-0.2, -0.15) is 0 Å². The molecule has 20 heavy (non-hydrogen) atoms. The smallest absolute Gasteiger partial charge is 0.233 e. The highest BCUT2D eigenvalue weighted by atomic mass is 32.1. The Balaban J connectivity index is 2.83. The van der Waals surface area contributed by atoms with Crippen LogP contribution in [0.3, 0.4) is 0 Å². The number of aryl methyl sites for hydroxylation is 1. The van der Waals surface area contributed by atoms with Crippen molar-refractivity contribution in [1.82, 2.24) is 5.32 Å². The minimum atomic E-state index is -0.726. The van der Waals surface area contributed by atoms with Gasteiger partial charge in [-0.1, -0.05) is 57.3 Å². The second kappa shape index (κ2) is 7.39. The molecule has 3 N–H and O–H groups in total. The van der Waals surface area contributed by atoms with Crippen molar-refractivity contribution in [3.63, 3.8) is 0 Å². The van der Waals surface area contributed by atoms with Crippen LogP contribution in [0, 0.1) is 5.41 Å². The molecule has 4 heteroatoms.